The Kier molecular flexibility index (Phi) is 4.27. The minimum atomic E-state index is -0.0436. The molecule has 0 bridgehead atoms. The summed E-state index contributed by atoms with van der Waals surface area (Å²) in [6.45, 7) is 3.96. The summed E-state index contributed by atoms with van der Waals surface area (Å²) >= 11 is 6.09. The lowest BCUT2D eigenvalue weighted by Gasteiger charge is -2.27. The second-order valence-corrected chi connectivity index (χ2v) is 5.40. The minimum absolute atomic E-state index is 0.0436. The van der Waals surface area contributed by atoms with E-state index in [-0.39, 0.29) is 11.6 Å². The maximum absolute atomic E-state index is 6.09. The van der Waals surface area contributed by atoms with Gasteiger partial charge in [0.15, 0.2) is 0 Å². The van der Waals surface area contributed by atoms with Gasteiger partial charge in [-0.2, -0.15) is 4.98 Å². The van der Waals surface area contributed by atoms with E-state index in [0.29, 0.717) is 17.7 Å². The predicted octanol–water partition coefficient (Wildman–Crippen LogP) is 3.23. The van der Waals surface area contributed by atoms with E-state index in [1.54, 1.807) is 12.3 Å². The number of aromatic nitrogens is 2. The van der Waals surface area contributed by atoms with Crippen molar-refractivity contribution in [1.29, 1.82) is 0 Å². The van der Waals surface area contributed by atoms with Crippen molar-refractivity contribution >= 4 is 17.5 Å². The van der Waals surface area contributed by atoms with Crippen molar-refractivity contribution < 1.29 is 4.74 Å². The molecule has 0 amide bonds. The number of hydrogen-bond donors (Lipinski definition) is 1. The fraction of sp³-hybridized carbons (Fsp3) is 0.692. The number of halogens is 1. The third-order valence-corrected chi connectivity index (χ3v) is 3.69. The highest BCUT2D eigenvalue weighted by molar-refractivity contribution is 6.18. The first-order valence-corrected chi connectivity index (χ1v) is 7.01. The SMILES string of the molecule is CC(C)Oc1ccnc(NC2(CCl)CCCC2)n1. The Bertz CT molecular complexity index is 392. The lowest BCUT2D eigenvalue weighted by atomic mass is 10.0. The van der Waals surface area contributed by atoms with Crippen LogP contribution in [0.4, 0.5) is 5.95 Å². The molecule has 1 aromatic heterocycles. The van der Waals surface area contributed by atoms with E-state index >= 15 is 0 Å². The monoisotopic (exact) mass is 269 g/mol. The third-order valence-electron chi connectivity index (χ3n) is 3.18. The molecule has 2 rings (SSSR count). The van der Waals surface area contributed by atoms with Crippen molar-refractivity contribution in [2.75, 3.05) is 11.2 Å². The van der Waals surface area contributed by atoms with Crippen LogP contribution in [-0.2, 0) is 0 Å². The maximum Gasteiger partial charge on any atom is 0.226 e. The van der Waals surface area contributed by atoms with Gasteiger partial charge < -0.3 is 10.1 Å². The lowest BCUT2D eigenvalue weighted by molar-refractivity contribution is 0.232. The van der Waals surface area contributed by atoms with Crippen molar-refractivity contribution in [3.05, 3.63) is 12.3 Å². The quantitative estimate of drug-likeness (QED) is 0.834. The molecular formula is C13H20ClN3O. The van der Waals surface area contributed by atoms with Crippen LogP contribution >= 0.6 is 11.6 Å². The molecule has 4 nitrogen and oxygen atoms in total. The molecule has 0 spiro atoms. The number of nitrogens with one attached hydrogen (secondary N) is 1. The van der Waals surface area contributed by atoms with Crippen LogP contribution in [-0.4, -0.2) is 27.5 Å². The van der Waals surface area contributed by atoms with E-state index in [4.69, 9.17) is 16.3 Å². The van der Waals surface area contributed by atoms with Gasteiger partial charge in [0.05, 0.1) is 11.6 Å². The molecule has 0 aromatic carbocycles. The summed E-state index contributed by atoms with van der Waals surface area (Å²) in [6.07, 6.45) is 6.40. The smallest absolute Gasteiger partial charge is 0.226 e. The molecule has 5 heteroatoms. The van der Waals surface area contributed by atoms with Crippen molar-refractivity contribution in [1.82, 2.24) is 9.97 Å². The number of nitrogens with zero attached hydrogens (tertiary/aromatic N) is 2. The Morgan fingerprint density at radius 3 is 2.78 bits per heavy atom. The molecule has 18 heavy (non-hydrogen) atoms. The summed E-state index contributed by atoms with van der Waals surface area (Å²) in [5.41, 5.74) is -0.0436. The van der Waals surface area contributed by atoms with Crippen LogP contribution in [0.1, 0.15) is 39.5 Å². The highest BCUT2D eigenvalue weighted by Gasteiger charge is 2.33. The standard InChI is InChI=1S/C13H20ClN3O/c1-10(2)18-11-5-8-15-12(16-11)17-13(9-14)6-3-4-7-13/h5,8,10H,3-4,6-7,9H2,1-2H3,(H,15,16,17). The van der Waals surface area contributed by atoms with Gasteiger partial charge in [0.25, 0.3) is 0 Å². The highest BCUT2D eigenvalue weighted by Crippen LogP contribution is 2.33. The molecule has 1 saturated carbocycles. The van der Waals surface area contributed by atoms with Crippen LogP contribution in [0.2, 0.25) is 0 Å². The maximum atomic E-state index is 6.09. The van der Waals surface area contributed by atoms with Gasteiger partial charge in [-0.25, -0.2) is 4.98 Å². The largest absolute Gasteiger partial charge is 0.475 e. The minimum Gasteiger partial charge on any atom is -0.475 e. The molecule has 1 heterocycles. The average Bonchev–Trinajstić information content (AvgIpc) is 2.78. The van der Waals surface area contributed by atoms with E-state index in [9.17, 15) is 0 Å². The molecule has 0 aliphatic heterocycles. The first-order valence-electron chi connectivity index (χ1n) is 6.47. The van der Waals surface area contributed by atoms with Crippen LogP contribution in [0.15, 0.2) is 12.3 Å². The van der Waals surface area contributed by atoms with Crippen LogP contribution in [0.3, 0.4) is 0 Å². The Balaban J connectivity index is 2.08. The molecule has 0 atom stereocenters. The van der Waals surface area contributed by atoms with E-state index < -0.39 is 0 Å². The zero-order valence-electron chi connectivity index (χ0n) is 10.9. The fourth-order valence-corrected chi connectivity index (χ4v) is 2.62. The van der Waals surface area contributed by atoms with Gasteiger partial charge in [0.1, 0.15) is 0 Å². The number of ether oxygens (including phenoxy) is 1. The molecule has 0 unspecified atom stereocenters. The number of anilines is 1. The zero-order valence-corrected chi connectivity index (χ0v) is 11.7. The van der Waals surface area contributed by atoms with Crippen LogP contribution in [0.5, 0.6) is 5.88 Å². The molecule has 1 N–H and O–H groups in total. The second-order valence-electron chi connectivity index (χ2n) is 5.13. The van der Waals surface area contributed by atoms with Gasteiger partial charge in [-0.05, 0) is 26.7 Å². The predicted molar refractivity (Wildman–Crippen MR) is 73.3 cm³/mol. The molecule has 1 aromatic rings. The number of alkyl halides is 1. The fourth-order valence-electron chi connectivity index (χ4n) is 2.29. The normalized spacial score (nSPS) is 18.0. The molecule has 1 fully saturated rings. The summed E-state index contributed by atoms with van der Waals surface area (Å²) < 4.78 is 5.56. The first-order chi connectivity index (χ1) is 8.63. The number of rotatable bonds is 5. The summed E-state index contributed by atoms with van der Waals surface area (Å²) in [5.74, 6) is 1.80. The van der Waals surface area contributed by atoms with Crippen LogP contribution < -0.4 is 10.1 Å². The van der Waals surface area contributed by atoms with Gasteiger partial charge in [-0.1, -0.05) is 12.8 Å². The first kappa shape index (κ1) is 13.4. The van der Waals surface area contributed by atoms with Crippen molar-refractivity contribution in [2.24, 2.45) is 0 Å². The summed E-state index contributed by atoms with van der Waals surface area (Å²) in [5, 5.41) is 3.38. The summed E-state index contributed by atoms with van der Waals surface area (Å²) in [7, 11) is 0. The van der Waals surface area contributed by atoms with Crippen LogP contribution in [0, 0.1) is 0 Å². The topological polar surface area (TPSA) is 47.0 Å². The molecule has 0 saturated heterocycles. The number of hydrogen-bond acceptors (Lipinski definition) is 4. The van der Waals surface area contributed by atoms with Crippen molar-refractivity contribution in [3.8, 4) is 5.88 Å². The van der Waals surface area contributed by atoms with E-state index in [1.807, 2.05) is 13.8 Å². The van der Waals surface area contributed by atoms with Gasteiger partial charge >= 0.3 is 0 Å². The lowest BCUT2D eigenvalue weighted by Crippen LogP contribution is -2.37. The second kappa shape index (κ2) is 5.74. The molecule has 1 aliphatic rings. The molecule has 100 valence electrons. The summed E-state index contributed by atoms with van der Waals surface area (Å²) in [6, 6.07) is 1.77. The van der Waals surface area contributed by atoms with Crippen molar-refractivity contribution in [3.63, 3.8) is 0 Å². The zero-order chi connectivity index (χ0) is 13.0. The molecular weight excluding hydrogens is 250 g/mol. The highest BCUT2D eigenvalue weighted by atomic mass is 35.5. The van der Waals surface area contributed by atoms with Gasteiger partial charge in [-0.15, -0.1) is 11.6 Å². The summed E-state index contributed by atoms with van der Waals surface area (Å²) in [4.78, 5) is 8.61. The van der Waals surface area contributed by atoms with Gasteiger partial charge in [-0.3, -0.25) is 0 Å². The van der Waals surface area contributed by atoms with Gasteiger partial charge in [0, 0.05) is 18.1 Å². The van der Waals surface area contributed by atoms with Crippen molar-refractivity contribution in [2.45, 2.75) is 51.2 Å². The van der Waals surface area contributed by atoms with E-state index in [2.05, 4.69) is 15.3 Å². The average molecular weight is 270 g/mol. The van der Waals surface area contributed by atoms with Gasteiger partial charge in [0.2, 0.25) is 11.8 Å². The van der Waals surface area contributed by atoms with E-state index in [0.717, 1.165) is 12.8 Å². The molecule has 1 aliphatic carbocycles. The molecule has 0 radical (unpaired) electrons. The van der Waals surface area contributed by atoms with E-state index in [1.165, 1.54) is 12.8 Å². The Hall–Kier alpha value is -1.03. The van der Waals surface area contributed by atoms with Crippen LogP contribution in [0.25, 0.3) is 0 Å². The Morgan fingerprint density at radius 2 is 2.17 bits per heavy atom. The third kappa shape index (κ3) is 3.25. The Labute approximate surface area is 113 Å². The Morgan fingerprint density at radius 1 is 1.44 bits per heavy atom.